The Morgan fingerprint density at radius 1 is 0.319 bits per heavy atom. The molecular formula is C97H171NO18. The number of allylic oxidation sites excluding steroid dienone is 18. The number of carbonyl (C=O) groups excluding carboxylic acids is 1. The molecule has 17 atom stereocenters. The molecule has 1 amide bonds. The van der Waals surface area contributed by atoms with Crippen molar-refractivity contribution in [1.82, 2.24) is 5.32 Å². The van der Waals surface area contributed by atoms with Crippen molar-refractivity contribution in [3.8, 4) is 0 Å². The molecule has 0 aliphatic carbocycles. The maximum Gasteiger partial charge on any atom is 0.220 e. The Balaban J connectivity index is 1.31. The highest BCUT2D eigenvalue weighted by molar-refractivity contribution is 5.76. The summed E-state index contributed by atoms with van der Waals surface area (Å²) in [4.78, 5) is 13.6. The molecule has 3 aliphatic heterocycles. The van der Waals surface area contributed by atoms with Crippen molar-refractivity contribution < 1.29 is 89.4 Å². The third kappa shape index (κ3) is 52.7. The Kier molecular flexibility index (Phi) is 69.1. The number of hydrogen-bond acceptors (Lipinski definition) is 18. The van der Waals surface area contributed by atoms with Gasteiger partial charge in [0.25, 0.3) is 0 Å². The first-order valence-electron chi connectivity index (χ1n) is 47.1. The van der Waals surface area contributed by atoms with Gasteiger partial charge in [-0.25, -0.2) is 0 Å². The van der Waals surface area contributed by atoms with E-state index in [-0.39, 0.29) is 18.9 Å². The van der Waals surface area contributed by atoms with E-state index in [1.165, 1.54) is 218 Å². The molecule has 116 heavy (non-hydrogen) atoms. The number of hydrogen-bond donors (Lipinski definition) is 12. The summed E-state index contributed by atoms with van der Waals surface area (Å²) in [5, 5.41) is 121. The molecule has 19 nitrogen and oxygen atoms in total. The lowest BCUT2D eigenvalue weighted by atomic mass is 9.96. The first kappa shape index (κ1) is 107. The van der Waals surface area contributed by atoms with Crippen LogP contribution in [0.3, 0.4) is 0 Å². The predicted octanol–water partition coefficient (Wildman–Crippen LogP) is 18.8. The fraction of sp³-hybridized carbons (Fsp3) is 0.804. The van der Waals surface area contributed by atoms with Crippen LogP contribution in [0, 0.1) is 0 Å². The molecule has 19 heteroatoms. The summed E-state index contributed by atoms with van der Waals surface area (Å²) in [6, 6.07) is -0.898. The number of amides is 1. The second-order valence-electron chi connectivity index (χ2n) is 33.1. The third-order valence-corrected chi connectivity index (χ3v) is 22.9. The van der Waals surface area contributed by atoms with Gasteiger partial charge in [-0.1, -0.05) is 386 Å². The van der Waals surface area contributed by atoms with Gasteiger partial charge in [-0.2, -0.15) is 0 Å². The van der Waals surface area contributed by atoms with Crippen molar-refractivity contribution in [2.24, 2.45) is 0 Å². The number of nitrogens with one attached hydrogen (secondary N) is 1. The van der Waals surface area contributed by atoms with Gasteiger partial charge >= 0.3 is 0 Å². The molecule has 3 rings (SSSR count). The standard InChI is InChI=1S/C97H171NO18/c1-3-5-7-9-11-13-15-17-19-21-23-25-27-29-31-33-35-37-38-39-40-41-42-43-45-47-49-51-53-55-57-59-61-63-65-67-69-71-73-75-85(103)98-80(81(102)74-72-70-68-66-64-62-60-58-56-54-52-50-48-46-44-36-34-32-30-28-26-24-22-20-18-16-14-12-10-8-6-4-2)79-111-95-91(109)88(106)93(83(77-100)113-95)116-97-92(110)89(107)94(84(78-101)114-97)115-96-90(108)87(105)86(104)82(76-99)112-96/h5,7,11,13,17,19,23,25,29,31,35,37,39-40,42-43,47,49,80-84,86-97,99-102,104-110H,3-4,6,8-10,12,14-16,18,20-22,24,26-28,30,32-34,36,38,41,44-46,48,50-79H2,1-2H3,(H,98,103)/b7-5-,13-11-,19-17-,25-23-,31-29-,37-35-,40-39-,43-42-,49-47-. The molecule has 3 saturated heterocycles. The van der Waals surface area contributed by atoms with Crippen LogP contribution in [0.25, 0.3) is 0 Å². The van der Waals surface area contributed by atoms with Gasteiger partial charge in [-0.3, -0.25) is 4.79 Å². The minimum atomic E-state index is -1.98. The number of carbonyl (C=O) groups is 1. The highest BCUT2D eigenvalue weighted by Gasteiger charge is 2.54. The summed E-state index contributed by atoms with van der Waals surface area (Å²) in [6.45, 7) is 1.73. The lowest BCUT2D eigenvalue weighted by Gasteiger charge is -2.48. The maximum absolute atomic E-state index is 13.6. The zero-order valence-electron chi connectivity index (χ0n) is 72.7. The largest absolute Gasteiger partial charge is 0.394 e. The molecule has 0 bridgehead atoms. The van der Waals surface area contributed by atoms with Gasteiger partial charge in [0, 0.05) is 6.42 Å². The summed E-state index contributed by atoms with van der Waals surface area (Å²) in [5.41, 5.74) is 0. The second-order valence-corrected chi connectivity index (χ2v) is 33.1. The average molecular weight is 1640 g/mol. The molecule has 17 unspecified atom stereocenters. The number of aliphatic hydroxyl groups excluding tert-OH is 11. The summed E-state index contributed by atoms with van der Waals surface area (Å²) in [5.74, 6) is -0.245. The van der Waals surface area contributed by atoms with E-state index in [1.807, 2.05) is 0 Å². The zero-order chi connectivity index (χ0) is 83.8. The average Bonchev–Trinajstić information content (AvgIpc) is 0.779. The molecule has 3 aliphatic rings. The van der Waals surface area contributed by atoms with Gasteiger partial charge < -0.3 is 89.9 Å². The van der Waals surface area contributed by atoms with E-state index in [9.17, 15) is 61.0 Å². The van der Waals surface area contributed by atoms with Crippen LogP contribution in [-0.2, 0) is 33.2 Å². The van der Waals surface area contributed by atoms with Gasteiger partial charge in [-0.15, -0.1) is 0 Å². The maximum atomic E-state index is 13.6. The molecule has 0 saturated carbocycles. The Morgan fingerprint density at radius 3 is 0.931 bits per heavy atom. The SMILES string of the molecule is CC/C=C\C/C=C\C/C=C\C/C=C\C/C=C\C/C=C\C/C=C\C/C=C\C/C=C\CCCCCCCCCCCCCC(=O)NC(COC1OC(CO)C(OC2OC(CO)C(OC3OC(CO)C(O)C(O)C3O)C(O)C2O)C(O)C1O)C(O)CCCCCCCCCCCCCCCCCCCCCCCCCCCCCCCCCC. The van der Waals surface area contributed by atoms with Crippen molar-refractivity contribution in [2.45, 2.75) is 471 Å². The lowest BCUT2D eigenvalue weighted by molar-refractivity contribution is -0.379. The van der Waals surface area contributed by atoms with E-state index < -0.39 is 124 Å². The van der Waals surface area contributed by atoms with Crippen LogP contribution in [-0.4, -0.2) is 193 Å². The quantitative estimate of drug-likeness (QED) is 0.0199. The van der Waals surface area contributed by atoms with Crippen molar-refractivity contribution in [3.05, 3.63) is 109 Å². The molecule has 0 aromatic rings. The summed E-state index contributed by atoms with van der Waals surface area (Å²) < 4.78 is 34.6. The number of ether oxygens (including phenoxy) is 6. The summed E-state index contributed by atoms with van der Waals surface area (Å²) >= 11 is 0. The van der Waals surface area contributed by atoms with E-state index in [2.05, 4.69) is 129 Å². The van der Waals surface area contributed by atoms with E-state index in [1.54, 1.807) is 0 Å². The summed E-state index contributed by atoms with van der Waals surface area (Å²) in [7, 11) is 0. The van der Waals surface area contributed by atoms with E-state index in [4.69, 9.17) is 28.4 Å². The number of aliphatic hydroxyl groups is 11. The second kappa shape index (κ2) is 75.2. The van der Waals surface area contributed by atoms with Crippen LogP contribution < -0.4 is 5.32 Å². The molecule has 0 aromatic carbocycles. The van der Waals surface area contributed by atoms with Gasteiger partial charge in [0.1, 0.15) is 73.2 Å². The fourth-order valence-electron chi connectivity index (χ4n) is 15.4. The first-order valence-corrected chi connectivity index (χ1v) is 47.1. The molecule has 0 spiro atoms. The monoisotopic (exact) mass is 1640 g/mol. The number of unbranched alkanes of at least 4 members (excludes halogenated alkanes) is 42. The highest BCUT2D eigenvalue weighted by atomic mass is 16.8. The van der Waals surface area contributed by atoms with Gasteiger partial charge in [0.05, 0.1) is 38.6 Å². The predicted molar refractivity (Wildman–Crippen MR) is 470 cm³/mol. The van der Waals surface area contributed by atoms with Crippen LogP contribution >= 0.6 is 0 Å². The minimum absolute atomic E-state index is 0.245. The molecule has 3 heterocycles. The molecule has 3 fully saturated rings. The van der Waals surface area contributed by atoms with E-state index in [0.717, 1.165) is 116 Å². The van der Waals surface area contributed by atoms with Crippen molar-refractivity contribution in [3.63, 3.8) is 0 Å². The highest BCUT2D eigenvalue weighted by Crippen LogP contribution is 2.34. The van der Waals surface area contributed by atoms with E-state index in [0.29, 0.717) is 12.8 Å². The van der Waals surface area contributed by atoms with Crippen molar-refractivity contribution in [2.75, 3.05) is 26.4 Å². The smallest absolute Gasteiger partial charge is 0.220 e. The van der Waals surface area contributed by atoms with Crippen LogP contribution in [0.15, 0.2) is 109 Å². The Bertz CT molecular complexity index is 2520. The Morgan fingerprint density at radius 2 is 0.595 bits per heavy atom. The molecular weight excluding hydrogens is 1470 g/mol. The minimum Gasteiger partial charge on any atom is -0.394 e. The lowest BCUT2D eigenvalue weighted by Crippen LogP contribution is -2.66. The fourth-order valence-corrected chi connectivity index (χ4v) is 15.4. The topological polar surface area (TPSA) is 307 Å². The zero-order valence-corrected chi connectivity index (χ0v) is 72.7. The van der Waals surface area contributed by atoms with Gasteiger partial charge in [-0.05, 0) is 83.5 Å². The first-order chi connectivity index (χ1) is 56.8. The van der Waals surface area contributed by atoms with Crippen LogP contribution in [0.1, 0.15) is 367 Å². The molecule has 12 N–H and O–H groups in total. The van der Waals surface area contributed by atoms with Crippen molar-refractivity contribution >= 4 is 5.91 Å². The Hall–Kier alpha value is -3.55. The van der Waals surface area contributed by atoms with Crippen molar-refractivity contribution in [1.29, 1.82) is 0 Å². The van der Waals surface area contributed by atoms with E-state index >= 15 is 0 Å². The molecule has 672 valence electrons. The van der Waals surface area contributed by atoms with Gasteiger partial charge in [0.2, 0.25) is 5.91 Å². The molecule has 0 aromatic heterocycles. The van der Waals surface area contributed by atoms with Crippen LogP contribution in [0.2, 0.25) is 0 Å². The van der Waals surface area contributed by atoms with Crippen LogP contribution in [0.4, 0.5) is 0 Å². The number of rotatable bonds is 76. The normalized spacial score (nSPS) is 25.0. The van der Waals surface area contributed by atoms with Gasteiger partial charge in [0.15, 0.2) is 18.9 Å². The Labute approximate surface area is 704 Å². The summed E-state index contributed by atoms with van der Waals surface area (Å²) in [6.07, 6.45) is 79.1. The molecule has 0 radical (unpaired) electrons. The third-order valence-electron chi connectivity index (χ3n) is 22.9. The van der Waals surface area contributed by atoms with Crippen LogP contribution in [0.5, 0.6) is 0 Å².